The van der Waals surface area contributed by atoms with E-state index in [0.29, 0.717) is 17.9 Å². The predicted octanol–water partition coefficient (Wildman–Crippen LogP) is 2.73. The molecule has 0 bridgehead atoms. The molecule has 9 heteroatoms. The van der Waals surface area contributed by atoms with Crippen LogP contribution in [0.5, 0.6) is 0 Å². The zero-order valence-corrected chi connectivity index (χ0v) is 14.5. The van der Waals surface area contributed by atoms with Crippen molar-refractivity contribution in [3.8, 4) is 0 Å². The van der Waals surface area contributed by atoms with Gasteiger partial charge in [-0.1, -0.05) is 30.7 Å². The summed E-state index contributed by atoms with van der Waals surface area (Å²) in [6.07, 6.45) is 4.76. The fourth-order valence-electron chi connectivity index (χ4n) is 2.49. The molecule has 2 fully saturated rings. The third-order valence-corrected chi connectivity index (χ3v) is 5.00. The van der Waals surface area contributed by atoms with Crippen molar-refractivity contribution in [3.05, 3.63) is 11.7 Å². The minimum Gasteiger partial charge on any atom is -0.408 e. The molecule has 0 radical (unpaired) electrons. The number of thioether (sulfide) groups is 1. The number of hydrogen-bond donors (Lipinski definition) is 1. The van der Waals surface area contributed by atoms with Gasteiger partial charge in [0.25, 0.3) is 0 Å². The Morgan fingerprint density at radius 1 is 1.25 bits per heavy atom. The molecule has 0 aliphatic heterocycles. The average Bonchev–Trinajstić information content (AvgIpc) is 3.48. The first-order valence-corrected chi connectivity index (χ1v) is 9.31. The van der Waals surface area contributed by atoms with Crippen LogP contribution in [0.15, 0.2) is 9.57 Å². The van der Waals surface area contributed by atoms with Gasteiger partial charge in [-0.2, -0.15) is 0 Å². The van der Waals surface area contributed by atoms with Gasteiger partial charge >= 0.3 is 6.01 Å². The van der Waals surface area contributed by atoms with Gasteiger partial charge in [-0.05, 0) is 25.7 Å². The Bertz CT molecular complexity index is 747. The Hall–Kier alpha value is -1.90. The van der Waals surface area contributed by atoms with Crippen molar-refractivity contribution in [1.29, 1.82) is 0 Å². The Morgan fingerprint density at radius 2 is 2.04 bits per heavy atom. The summed E-state index contributed by atoms with van der Waals surface area (Å²) in [5.74, 6) is 2.37. The minimum absolute atomic E-state index is 0.135. The van der Waals surface area contributed by atoms with Crippen molar-refractivity contribution in [2.75, 3.05) is 11.1 Å². The number of amides is 1. The van der Waals surface area contributed by atoms with Crippen LogP contribution in [0.25, 0.3) is 0 Å². The van der Waals surface area contributed by atoms with Crippen LogP contribution in [0, 0.1) is 0 Å². The normalized spacial score (nSPS) is 17.5. The van der Waals surface area contributed by atoms with Crippen LogP contribution >= 0.6 is 11.8 Å². The molecule has 4 rings (SSSR count). The van der Waals surface area contributed by atoms with Crippen LogP contribution in [0.4, 0.5) is 6.01 Å². The fraction of sp³-hybridized carbons (Fsp3) is 0.667. The summed E-state index contributed by atoms with van der Waals surface area (Å²) in [5, 5.41) is 19.8. The maximum Gasteiger partial charge on any atom is 0.322 e. The second-order valence-electron chi connectivity index (χ2n) is 6.65. The first-order valence-electron chi connectivity index (χ1n) is 8.32. The van der Waals surface area contributed by atoms with Crippen molar-refractivity contribution < 1.29 is 9.21 Å². The Kier molecular flexibility index (Phi) is 4.03. The maximum atomic E-state index is 12.1. The van der Waals surface area contributed by atoms with E-state index in [1.807, 2.05) is 13.8 Å². The van der Waals surface area contributed by atoms with Crippen LogP contribution in [0.3, 0.4) is 0 Å². The first-order chi connectivity index (χ1) is 11.6. The molecular weight excluding hydrogens is 328 g/mol. The van der Waals surface area contributed by atoms with Gasteiger partial charge in [0, 0.05) is 17.9 Å². The predicted molar refractivity (Wildman–Crippen MR) is 88.0 cm³/mol. The molecule has 24 heavy (non-hydrogen) atoms. The Morgan fingerprint density at radius 3 is 2.67 bits per heavy atom. The molecule has 1 amide bonds. The maximum absolute atomic E-state index is 12.1. The smallest absolute Gasteiger partial charge is 0.322 e. The highest BCUT2D eigenvalue weighted by molar-refractivity contribution is 7.99. The fourth-order valence-corrected chi connectivity index (χ4v) is 3.30. The lowest BCUT2D eigenvalue weighted by molar-refractivity contribution is -0.113. The highest BCUT2D eigenvalue weighted by Crippen LogP contribution is 2.45. The lowest BCUT2D eigenvalue weighted by atomic mass is 10.2. The van der Waals surface area contributed by atoms with Crippen molar-refractivity contribution in [1.82, 2.24) is 25.0 Å². The number of nitrogens with one attached hydrogen (secondary N) is 1. The highest BCUT2D eigenvalue weighted by Gasteiger charge is 2.36. The van der Waals surface area contributed by atoms with Gasteiger partial charge in [0.05, 0.1) is 5.75 Å². The van der Waals surface area contributed by atoms with Crippen molar-refractivity contribution in [3.63, 3.8) is 0 Å². The largest absolute Gasteiger partial charge is 0.408 e. The monoisotopic (exact) mass is 348 g/mol. The molecule has 0 spiro atoms. The molecule has 2 aliphatic rings. The van der Waals surface area contributed by atoms with Gasteiger partial charge in [0.15, 0.2) is 5.16 Å². The van der Waals surface area contributed by atoms with Crippen molar-refractivity contribution in [2.24, 2.45) is 0 Å². The van der Waals surface area contributed by atoms with E-state index in [2.05, 4.69) is 30.3 Å². The third-order valence-electron chi connectivity index (χ3n) is 4.06. The summed E-state index contributed by atoms with van der Waals surface area (Å²) in [6.45, 7) is 3.91. The quantitative estimate of drug-likeness (QED) is 0.768. The number of carbonyl (C=O) groups is 1. The van der Waals surface area contributed by atoms with Gasteiger partial charge in [0.2, 0.25) is 11.8 Å². The zero-order valence-electron chi connectivity index (χ0n) is 13.7. The number of aromatic nitrogens is 5. The van der Waals surface area contributed by atoms with Crippen LogP contribution < -0.4 is 5.32 Å². The summed E-state index contributed by atoms with van der Waals surface area (Å²) < 4.78 is 7.62. The standard InChI is InChI=1S/C15H20N6O2S/c1-8(2)13-18-19-14(23-13)16-11(22)7-24-15-20-17-12(9-3-4-9)21(15)10-5-6-10/h8-10H,3-7H2,1-2H3,(H,16,19,22). The summed E-state index contributed by atoms with van der Waals surface area (Å²) in [4.78, 5) is 12.1. The molecule has 0 unspecified atom stereocenters. The third kappa shape index (κ3) is 3.31. The van der Waals surface area contributed by atoms with Crippen molar-refractivity contribution in [2.45, 2.75) is 62.6 Å². The number of rotatable bonds is 7. The van der Waals surface area contributed by atoms with E-state index in [9.17, 15) is 4.79 Å². The minimum atomic E-state index is -0.183. The van der Waals surface area contributed by atoms with E-state index in [0.717, 1.165) is 11.0 Å². The summed E-state index contributed by atoms with van der Waals surface area (Å²) >= 11 is 1.41. The molecule has 2 aromatic heterocycles. The van der Waals surface area contributed by atoms with Gasteiger partial charge in [0.1, 0.15) is 5.82 Å². The van der Waals surface area contributed by atoms with E-state index in [1.165, 1.54) is 37.4 Å². The second kappa shape index (κ2) is 6.19. The molecule has 2 heterocycles. The van der Waals surface area contributed by atoms with Crippen LogP contribution in [-0.2, 0) is 4.79 Å². The number of anilines is 1. The molecule has 128 valence electrons. The Labute approximate surface area is 143 Å². The molecular formula is C15H20N6O2S. The Balaban J connectivity index is 1.37. The van der Waals surface area contributed by atoms with Gasteiger partial charge < -0.3 is 8.98 Å². The lowest BCUT2D eigenvalue weighted by Gasteiger charge is -2.07. The van der Waals surface area contributed by atoms with Crippen molar-refractivity contribution >= 4 is 23.7 Å². The zero-order chi connectivity index (χ0) is 16.7. The molecule has 0 saturated heterocycles. The van der Waals surface area contributed by atoms with Crippen LogP contribution in [0.2, 0.25) is 0 Å². The topological polar surface area (TPSA) is 98.7 Å². The van der Waals surface area contributed by atoms with Gasteiger partial charge in [-0.3, -0.25) is 10.1 Å². The van der Waals surface area contributed by atoms with E-state index in [1.54, 1.807) is 0 Å². The summed E-state index contributed by atoms with van der Waals surface area (Å²) in [7, 11) is 0. The van der Waals surface area contributed by atoms with E-state index < -0.39 is 0 Å². The SMILES string of the molecule is CC(C)c1nnc(NC(=O)CSc2nnc(C3CC3)n2C2CC2)o1. The van der Waals surface area contributed by atoms with E-state index in [4.69, 9.17) is 4.42 Å². The molecule has 2 aliphatic carbocycles. The van der Waals surface area contributed by atoms with Gasteiger partial charge in [-0.25, -0.2) is 0 Å². The molecule has 8 nitrogen and oxygen atoms in total. The first kappa shape index (κ1) is 15.6. The van der Waals surface area contributed by atoms with E-state index >= 15 is 0 Å². The van der Waals surface area contributed by atoms with Crippen LogP contribution in [-0.4, -0.2) is 36.6 Å². The van der Waals surface area contributed by atoms with Crippen LogP contribution in [0.1, 0.15) is 69.1 Å². The van der Waals surface area contributed by atoms with Gasteiger partial charge in [-0.15, -0.1) is 15.3 Å². The average molecular weight is 348 g/mol. The lowest BCUT2D eigenvalue weighted by Crippen LogP contribution is -2.15. The molecule has 2 saturated carbocycles. The van der Waals surface area contributed by atoms with E-state index in [-0.39, 0.29) is 23.6 Å². The summed E-state index contributed by atoms with van der Waals surface area (Å²) in [6, 6.07) is 0.664. The molecule has 1 N–H and O–H groups in total. The molecule has 0 atom stereocenters. The molecule has 2 aromatic rings. The highest BCUT2D eigenvalue weighted by atomic mass is 32.2. The number of nitrogens with zero attached hydrogens (tertiary/aromatic N) is 5. The summed E-state index contributed by atoms with van der Waals surface area (Å²) in [5.41, 5.74) is 0. The molecule has 0 aromatic carbocycles. The second-order valence-corrected chi connectivity index (χ2v) is 7.60. The number of carbonyl (C=O) groups excluding carboxylic acids is 1. The number of hydrogen-bond acceptors (Lipinski definition) is 7.